The molecule has 0 unspecified atom stereocenters. The maximum atomic E-state index is 4.51. The summed E-state index contributed by atoms with van der Waals surface area (Å²) in [5, 5.41) is 2.52. The van der Waals surface area contributed by atoms with Crippen molar-refractivity contribution in [1.29, 1.82) is 0 Å². The first-order valence-electron chi connectivity index (χ1n) is 18.4. The number of hydrogen-bond donors (Lipinski definition) is 0. The van der Waals surface area contributed by atoms with Crippen molar-refractivity contribution in [2.24, 2.45) is 0 Å². The van der Waals surface area contributed by atoms with Crippen LogP contribution < -0.4 is 0 Å². The summed E-state index contributed by atoms with van der Waals surface area (Å²) in [6.07, 6.45) is 3.61. The van der Waals surface area contributed by atoms with Crippen molar-refractivity contribution >= 4 is 21.8 Å². The monoisotopic (exact) mass is 894 g/mol. The molecule has 7 aromatic carbocycles. The number of fused-ring (bicyclic) bond motifs is 3. The number of benzene rings is 7. The Labute approximate surface area is 341 Å². The molecule has 1 radical (unpaired) electrons. The van der Waals surface area contributed by atoms with Gasteiger partial charge < -0.3 is 14.5 Å². The van der Waals surface area contributed by atoms with E-state index in [1.807, 2.05) is 72.9 Å². The van der Waals surface area contributed by atoms with Crippen molar-refractivity contribution in [1.82, 2.24) is 14.5 Å². The standard InChI is InChI=1S/C41H27N2.C11H8N.Ir/c1-2-17-36(18-3-1)43-40-21-5-4-19-37(40)38-28-34(22-23-41(38)43)32-14-9-12-30(26-32)29-11-8-13-31(25-29)33-15-10-16-35(27-33)39-20-6-7-24-42-39;1-2-6-10(7-3-1)11-8-4-5-9-12-11;/h1-15,17-28H;1-6,8-9H;/q2*-1;. The second-order valence-corrected chi connectivity index (χ2v) is 13.3. The molecule has 4 heteroatoms. The molecule has 0 saturated heterocycles. The Morgan fingerprint density at radius 1 is 0.357 bits per heavy atom. The van der Waals surface area contributed by atoms with Gasteiger partial charge in [0.1, 0.15) is 0 Å². The second-order valence-electron chi connectivity index (χ2n) is 13.3. The number of nitrogens with zero attached hydrogens (tertiary/aromatic N) is 3. The Hall–Kier alpha value is -6.71. The van der Waals surface area contributed by atoms with Gasteiger partial charge in [-0.1, -0.05) is 103 Å². The molecule has 0 atom stereocenters. The topological polar surface area (TPSA) is 30.7 Å². The van der Waals surface area contributed by atoms with Crippen molar-refractivity contribution < 1.29 is 20.1 Å². The fourth-order valence-corrected chi connectivity index (χ4v) is 7.16. The zero-order chi connectivity index (χ0) is 36.8. The number of aromatic nitrogens is 3. The first kappa shape index (κ1) is 36.3. The molecule has 56 heavy (non-hydrogen) atoms. The van der Waals surface area contributed by atoms with Crippen LogP contribution in [0, 0.1) is 12.1 Å². The summed E-state index contributed by atoms with van der Waals surface area (Å²) in [4.78, 5) is 8.72. The molecule has 0 aliphatic heterocycles. The molecule has 3 heterocycles. The van der Waals surface area contributed by atoms with Crippen molar-refractivity contribution in [3.05, 3.63) is 225 Å². The SMILES string of the molecule is [Ir].[c-]1ccc(-c2cccc(-c3cccc(-c4ccc5c(c4)c4ccccc4n5-c4ccccc4)c3)c2)cc1-c1ccccn1.[c-]1ccccc1-c1ccccn1. The van der Waals surface area contributed by atoms with Crippen LogP contribution in [-0.2, 0) is 20.1 Å². The van der Waals surface area contributed by atoms with Gasteiger partial charge in [0.25, 0.3) is 0 Å². The van der Waals surface area contributed by atoms with E-state index in [9.17, 15) is 0 Å². The third-order valence-electron chi connectivity index (χ3n) is 9.80. The van der Waals surface area contributed by atoms with Gasteiger partial charge in [-0.3, -0.25) is 0 Å². The summed E-state index contributed by atoms with van der Waals surface area (Å²) < 4.78 is 2.36. The number of rotatable bonds is 6. The maximum Gasteiger partial charge on any atom is 0.0541 e. The van der Waals surface area contributed by atoms with Gasteiger partial charge in [-0.25, -0.2) is 0 Å². The van der Waals surface area contributed by atoms with Crippen molar-refractivity contribution in [3.8, 4) is 61.6 Å². The van der Waals surface area contributed by atoms with Crippen LogP contribution in [-0.4, -0.2) is 14.5 Å². The Balaban J connectivity index is 0.000000290. The molecule has 0 N–H and O–H groups in total. The minimum absolute atomic E-state index is 0. The van der Waals surface area contributed by atoms with Crippen LogP contribution in [0.2, 0.25) is 0 Å². The smallest absolute Gasteiger partial charge is 0.0541 e. The van der Waals surface area contributed by atoms with Gasteiger partial charge in [-0.2, -0.15) is 0 Å². The Kier molecular flexibility index (Phi) is 10.9. The van der Waals surface area contributed by atoms with Gasteiger partial charge in [-0.15, -0.1) is 71.3 Å². The zero-order valence-corrected chi connectivity index (χ0v) is 32.8. The van der Waals surface area contributed by atoms with Gasteiger partial charge in [0.05, 0.1) is 11.0 Å². The Morgan fingerprint density at radius 3 is 1.55 bits per heavy atom. The molecular formula is C52H35IrN3-2. The second kappa shape index (κ2) is 16.8. The summed E-state index contributed by atoms with van der Waals surface area (Å²) >= 11 is 0. The van der Waals surface area contributed by atoms with Crippen LogP contribution in [0.5, 0.6) is 0 Å². The minimum Gasteiger partial charge on any atom is -0.309 e. The van der Waals surface area contributed by atoms with E-state index in [0.717, 1.165) is 28.1 Å². The van der Waals surface area contributed by atoms with Gasteiger partial charge in [0, 0.05) is 49.0 Å². The molecule has 10 aromatic rings. The molecule has 0 bridgehead atoms. The fourth-order valence-electron chi connectivity index (χ4n) is 7.16. The van der Waals surface area contributed by atoms with E-state index in [1.165, 1.54) is 55.3 Å². The van der Waals surface area contributed by atoms with E-state index in [-0.39, 0.29) is 20.1 Å². The molecule has 10 rings (SSSR count). The maximum absolute atomic E-state index is 4.51. The van der Waals surface area contributed by atoms with Crippen LogP contribution in [0.25, 0.3) is 83.4 Å². The molecule has 0 aliphatic rings. The number of pyridine rings is 2. The van der Waals surface area contributed by atoms with Gasteiger partial charge in [-0.05, 0) is 93.8 Å². The summed E-state index contributed by atoms with van der Waals surface area (Å²) in [6.45, 7) is 0. The molecule has 0 spiro atoms. The molecular weight excluding hydrogens is 859 g/mol. The van der Waals surface area contributed by atoms with E-state index >= 15 is 0 Å². The van der Waals surface area contributed by atoms with Crippen LogP contribution >= 0.6 is 0 Å². The molecule has 0 aliphatic carbocycles. The summed E-state index contributed by atoms with van der Waals surface area (Å²) in [5.74, 6) is 0. The summed E-state index contributed by atoms with van der Waals surface area (Å²) in [5.41, 5.74) is 14.7. The van der Waals surface area contributed by atoms with Gasteiger partial charge >= 0.3 is 0 Å². The molecule has 269 valence electrons. The number of hydrogen-bond acceptors (Lipinski definition) is 2. The number of para-hydroxylation sites is 2. The normalized spacial score (nSPS) is 10.7. The van der Waals surface area contributed by atoms with Crippen LogP contribution in [0.15, 0.2) is 213 Å². The summed E-state index contributed by atoms with van der Waals surface area (Å²) in [7, 11) is 0. The van der Waals surface area contributed by atoms with E-state index in [2.05, 4.69) is 160 Å². The molecule has 0 saturated carbocycles. The predicted octanol–water partition coefficient (Wildman–Crippen LogP) is 13.2. The first-order chi connectivity index (χ1) is 27.3. The van der Waals surface area contributed by atoms with E-state index in [4.69, 9.17) is 0 Å². The predicted molar refractivity (Wildman–Crippen MR) is 228 cm³/mol. The van der Waals surface area contributed by atoms with Gasteiger partial charge in [0.15, 0.2) is 0 Å². The average molecular weight is 894 g/mol. The van der Waals surface area contributed by atoms with E-state index in [0.29, 0.717) is 0 Å². The van der Waals surface area contributed by atoms with E-state index < -0.39 is 0 Å². The van der Waals surface area contributed by atoms with Crippen molar-refractivity contribution in [2.45, 2.75) is 0 Å². The molecule has 3 aromatic heterocycles. The zero-order valence-electron chi connectivity index (χ0n) is 30.4. The Bertz CT molecular complexity index is 2810. The minimum atomic E-state index is 0. The molecule has 0 amide bonds. The van der Waals surface area contributed by atoms with Crippen molar-refractivity contribution in [2.75, 3.05) is 0 Å². The van der Waals surface area contributed by atoms with Gasteiger partial charge in [0.2, 0.25) is 0 Å². The fraction of sp³-hybridized carbons (Fsp3) is 0. The van der Waals surface area contributed by atoms with E-state index in [1.54, 1.807) is 6.20 Å². The first-order valence-corrected chi connectivity index (χ1v) is 18.4. The molecule has 0 fully saturated rings. The third-order valence-corrected chi connectivity index (χ3v) is 9.80. The average Bonchev–Trinajstić information content (AvgIpc) is 3.62. The van der Waals surface area contributed by atoms with Crippen molar-refractivity contribution in [3.63, 3.8) is 0 Å². The summed E-state index contributed by atoms with van der Waals surface area (Å²) in [6, 6.07) is 76.1. The molecule has 3 nitrogen and oxygen atoms in total. The Morgan fingerprint density at radius 2 is 0.911 bits per heavy atom. The largest absolute Gasteiger partial charge is 0.309 e. The third kappa shape index (κ3) is 7.62. The van der Waals surface area contributed by atoms with Crippen LogP contribution in [0.4, 0.5) is 0 Å². The van der Waals surface area contributed by atoms with Crippen LogP contribution in [0.3, 0.4) is 0 Å². The van der Waals surface area contributed by atoms with Crippen LogP contribution in [0.1, 0.15) is 0 Å². The quantitative estimate of drug-likeness (QED) is 0.156.